The molecule has 1 saturated carbocycles. The third-order valence-corrected chi connectivity index (χ3v) is 5.50. The Balaban J connectivity index is 1.61. The van der Waals surface area contributed by atoms with Crippen LogP contribution in [0.1, 0.15) is 30.1 Å². The van der Waals surface area contributed by atoms with Gasteiger partial charge in [0.05, 0.1) is 23.5 Å². The summed E-state index contributed by atoms with van der Waals surface area (Å²) in [5.41, 5.74) is 0.612. The smallest absolute Gasteiger partial charge is 0.256 e. The van der Waals surface area contributed by atoms with Crippen LogP contribution in [0.3, 0.4) is 0 Å². The number of sulfonamides is 1. The number of nitrogens with zero attached hydrogens (tertiary/aromatic N) is 2. The minimum absolute atomic E-state index is 0.0416. The number of hydrogen-bond donors (Lipinski definition) is 2. The van der Waals surface area contributed by atoms with E-state index >= 15 is 0 Å². The van der Waals surface area contributed by atoms with Crippen LogP contribution in [-0.4, -0.2) is 74.6 Å². The SMILES string of the molecule is CC(C(=O)NC1CC1)N1CCN(C(=O)c2ccccc2NS(C)(=O)=O)CC1. The monoisotopic (exact) mass is 394 g/mol. The molecule has 2 N–H and O–H groups in total. The van der Waals surface area contributed by atoms with Crippen molar-refractivity contribution in [1.29, 1.82) is 0 Å². The lowest BCUT2D eigenvalue weighted by molar-refractivity contribution is -0.126. The molecule has 0 aromatic heterocycles. The highest BCUT2D eigenvalue weighted by Gasteiger charge is 2.31. The fourth-order valence-corrected chi connectivity index (χ4v) is 3.73. The Bertz CT molecular complexity index is 814. The van der Waals surface area contributed by atoms with Crippen molar-refractivity contribution in [1.82, 2.24) is 15.1 Å². The molecule has 1 heterocycles. The number of hydrogen-bond acceptors (Lipinski definition) is 5. The lowest BCUT2D eigenvalue weighted by Gasteiger charge is -2.37. The zero-order valence-corrected chi connectivity index (χ0v) is 16.5. The summed E-state index contributed by atoms with van der Waals surface area (Å²) >= 11 is 0. The zero-order valence-electron chi connectivity index (χ0n) is 15.6. The number of amides is 2. The molecule has 2 aliphatic rings. The Morgan fingerprint density at radius 3 is 2.33 bits per heavy atom. The minimum Gasteiger partial charge on any atom is -0.352 e. The minimum atomic E-state index is -3.47. The molecule has 27 heavy (non-hydrogen) atoms. The summed E-state index contributed by atoms with van der Waals surface area (Å²) in [6.07, 6.45) is 3.17. The van der Waals surface area contributed by atoms with E-state index in [1.165, 1.54) is 0 Å². The summed E-state index contributed by atoms with van der Waals surface area (Å²) in [5.74, 6) is -0.170. The van der Waals surface area contributed by atoms with Crippen LogP contribution in [-0.2, 0) is 14.8 Å². The van der Waals surface area contributed by atoms with Crippen molar-refractivity contribution in [2.75, 3.05) is 37.2 Å². The van der Waals surface area contributed by atoms with Crippen molar-refractivity contribution in [3.8, 4) is 0 Å². The topological polar surface area (TPSA) is 98.8 Å². The first-order valence-electron chi connectivity index (χ1n) is 9.15. The fraction of sp³-hybridized carbons (Fsp3) is 0.556. The molecular formula is C18H26N4O4S. The predicted molar refractivity (Wildman–Crippen MR) is 103 cm³/mol. The summed E-state index contributed by atoms with van der Waals surface area (Å²) in [4.78, 5) is 28.8. The molecule has 1 aliphatic heterocycles. The number of rotatable bonds is 6. The fourth-order valence-electron chi connectivity index (χ4n) is 3.16. The molecule has 1 atom stereocenters. The average molecular weight is 394 g/mol. The molecule has 8 nitrogen and oxygen atoms in total. The first-order valence-corrected chi connectivity index (χ1v) is 11.0. The van der Waals surface area contributed by atoms with Crippen molar-refractivity contribution in [3.05, 3.63) is 29.8 Å². The third kappa shape index (κ3) is 5.20. The van der Waals surface area contributed by atoms with Crippen LogP contribution in [0.15, 0.2) is 24.3 Å². The highest BCUT2D eigenvalue weighted by molar-refractivity contribution is 7.92. The number of carbonyl (C=O) groups is 2. The first kappa shape index (κ1) is 19.6. The normalized spacial score (nSPS) is 19.4. The van der Waals surface area contributed by atoms with Gasteiger partial charge in [0.1, 0.15) is 0 Å². The maximum absolute atomic E-state index is 12.9. The molecule has 1 aromatic carbocycles. The maximum atomic E-state index is 12.9. The van der Waals surface area contributed by atoms with E-state index < -0.39 is 10.0 Å². The van der Waals surface area contributed by atoms with Gasteiger partial charge in [-0.1, -0.05) is 12.1 Å². The molecular weight excluding hydrogens is 368 g/mol. The molecule has 1 aliphatic carbocycles. The van der Waals surface area contributed by atoms with Crippen LogP contribution in [0.4, 0.5) is 5.69 Å². The quantitative estimate of drug-likeness (QED) is 0.731. The van der Waals surface area contributed by atoms with Gasteiger partial charge in [0.15, 0.2) is 0 Å². The molecule has 1 unspecified atom stereocenters. The van der Waals surface area contributed by atoms with Gasteiger partial charge in [0, 0.05) is 32.2 Å². The van der Waals surface area contributed by atoms with Crippen LogP contribution >= 0.6 is 0 Å². The van der Waals surface area contributed by atoms with E-state index in [9.17, 15) is 18.0 Å². The second kappa shape index (κ2) is 7.85. The second-order valence-corrected chi connectivity index (χ2v) is 8.96. The molecule has 148 valence electrons. The number of nitrogens with one attached hydrogen (secondary N) is 2. The lowest BCUT2D eigenvalue weighted by Crippen LogP contribution is -2.55. The Morgan fingerprint density at radius 1 is 1.11 bits per heavy atom. The number of piperazine rings is 1. The summed E-state index contributed by atoms with van der Waals surface area (Å²) in [6.45, 7) is 4.08. The predicted octanol–water partition coefficient (Wildman–Crippen LogP) is 0.483. The molecule has 9 heteroatoms. The molecule has 1 saturated heterocycles. The molecule has 0 bridgehead atoms. The molecule has 0 spiro atoms. The number of para-hydroxylation sites is 1. The standard InChI is InChI=1S/C18H26N4O4S/c1-13(17(23)19-14-7-8-14)21-9-11-22(12-10-21)18(24)15-5-3-4-6-16(15)20-27(2,25)26/h3-6,13-14,20H,7-12H2,1-2H3,(H,19,23). The van der Waals surface area contributed by atoms with Gasteiger partial charge in [-0.3, -0.25) is 19.2 Å². The van der Waals surface area contributed by atoms with Crippen LogP contribution in [0, 0.1) is 0 Å². The molecule has 3 rings (SSSR count). The average Bonchev–Trinajstić information content (AvgIpc) is 3.44. The Morgan fingerprint density at radius 2 is 1.74 bits per heavy atom. The van der Waals surface area contributed by atoms with Crippen molar-refractivity contribution >= 4 is 27.5 Å². The maximum Gasteiger partial charge on any atom is 0.256 e. The highest BCUT2D eigenvalue weighted by atomic mass is 32.2. The van der Waals surface area contributed by atoms with Gasteiger partial charge >= 0.3 is 0 Å². The van der Waals surface area contributed by atoms with E-state index in [0.717, 1.165) is 19.1 Å². The van der Waals surface area contributed by atoms with E-state index in [-0.39, 0.29) is 23.5 Å². The molecule has 1 aromatic rings. The lowest BCUT2D eigenvalue weighted by atomic mass is 10.1. The first-order chi connectivity index (χ1) is 12.7. The van der Waals surface area contributed by atoms with Crippen LogP contribution in [0.25, 0.3) is 0 Å². The van der Waals surface area contributed by atoms with Gasteiger partial charge in [-0.25, -0.2) is 8.42 Å². The number of carbonyl (C=O) groups excluding carboxylic acids is 2. The van der Waals surface area contributed by atoms with E-state index in [1.54, 1.807) is 29.2 Å². The van der Waals surface area contributed by atoms with Crippen molar-refractivity contribution in [3.63, 3.8) is 0 Å². The van der Waals surface area contributed by atoms with Gasteiger partial charge < -0.3 is 10.2 Å². The largest absolute Gasteiger partial charge is 0.352 e. The molecule has 2 fully saturated rings. The summed E-state index contributed by atoms with van der Waals surface area (Å²) in [7, 11) is -3.47. The van der Waals surface area contributed by atoms with E-state index in [0.29, 0.717) is 37.8 Å². The van der Waals surface area contributed by atoms with Crippen LogP contribution < -0.4 is 10.0 Å². The van der Waals surface area contributed by atoms with Crippen LogP contribution in [0.5, 0.6) is 0 Å². The van der Waals surface area contributed by atoms with Crippen molar-refractivity contribution < 1.29 is 18.0 Å². The summed E-state index contributed by atoms with van der Waals surface area (Å²) < 4.78 is 25.5. The second-order valence-electron chi connectivity index (χ2n) is 7.21. The zero-order chi connectivity index (χ0) is 19.6. The Hall–Kier alpha value is -2.13. The van der Waals surface area contributed by atoms with Crippen molar-refractivity contribution in [2.45, 2.75) is 31.8 Å². The van der Waals surface area contributed by atoms with E-state index in [4.69, 9.17) is 0 Å². The molecule has 0 radical (unpaired) electrons. The van der Waals surface area contributed by atoms with Gasteiger partial charge in [0.25, 0.3) is 5.91 Å². The van der Waals surface area contributed by atoms with Crippen molar-refractivity contribution in [2.24, 2.45) is 0 Å². The van der Waals surface area contributed by atoms with E-state index in [2.05, 4.69) is 14.9 Å². The molecule has 2 amide bonds. The van der Waals surface area contributed by atoms with E-state index in [1.807, 2.05) is 6.92 Å². The summed E-state index contributed by atoms with van der Waals surface area (Å²) in [6, 6.07) is 6.70. The third-order valence-electron chi connectivity index (χ3n) is 4.91. The summed E-state index contributed by atoms with van der Waals surface area (Å²) in [5, 5.41) is 3.01. The van der Waals surface area contributed by atoms with Gasteiger partial charge in [-0.15, -0.1) is 0 Å². The highest BCUT2D eigenvalue weighted by Crippen LogP contribution is 2.21. The Kier molecular flexibility index (Phi) is 5.71. The number of benzene rings is 1. The number of anilines is 1. The van der Waals surface area contributed by atoms with Gasteiger partial charge in [-0.2, -0.15) is 0 Å². The van der Waals surface area contributed by atoms with Gasteiger partial charge in [0.2, 0.25) is 15.9 Å². The Labute approximate surface area is 160 Å². The van der Waals surface area contributed by atoms with Gasteiger partial charge in [-0.05, 0) is 31.9 Å². The van der Waals surface area contributed by atoms with Crippen LogP contribution in [0.2, 0.25) is 0 Å².